The number of benzene rings is 2. The lowest BCUT2D eigenvalue weighted by Crippen LogP contribution is -2.23. The molecule has 0 atom stereocenters. The van der Waals surface area contributed by atoms with Gasteiger partial charge in [0.15, 0.2) is 0 Å². The van der Waals surface area contributed by atoms with Crippen LogP contribution in [0.5, 0.6) is 0 Å². The van der Waals surface area contributed by atoms with Crippen LogP contribution in [0.25, 0.3) is 6.08 Å². The van der Waals surface area contributed by atoms with Gasteiger partial charge < -0.3 is 4.90 Å². The molecule has 0 bridgehead atoms. The molecule has 1 aliphatic heterocycles. The molecule has 1 heterocycles. The van der Waals surface area contributed by atoms with Crippen molar-refractivity contribution in [1.82, 2.24) is 10.4 Å². The molecule has 23 heavy (non-hydrogen) atoms. The maximum atomic E-state index is 12.4. The van der Waals surface area contributed by atoms with Crippen molar-refractivity contribution in [3.05, 3.63) is 76.9 Å². The Kier molecular flexibility index (Phi) is 4.21. The van der Waals surface area contributed by atoms with Crippen LogP contribution in [0.2, 0.25) is 0 Å². The number of carbonyl (C=O) groups excluding carboxylic acids is 2. The average Bonchev–Trinajstić information content (AvgIpc) is 2.89. The number of rotatable bonds is 4. The van der Waals surface area contributed by atoms with E-state index in [9.17, 15) is 9.59 Å². The first-order chi connectivity index (χ1) is 11.2. The van der Waals surface area contributed by atoms with Crippen molar-refractivity contribution in [2.24, 2.45) is 0 Å². The number of hydrogen-bond acceptors (Lipinski definition) is 3. The lowest BCUT2D eigenvalue weighted by molar-refractivity contribution is -0.124. The van der Waals surface area contributed by atoms with E-state index in [1.165, 1.54) is 6.08 Å². The molecule has 2 amide bonds. The van der Waals surface area contributed by atoms with Crippen LogP contribution in [0, 0.1) is 0 Å². The molecule has 2 N–H and O–H groups in total. The predicted molar refractivity (Wildman–Crippen MR) is 85.4 cm³/mol. The van der Waals surface area contributed by atoms with E-state index in [0.717, 1.165) is 16.7 Å². The maximum Gasteiger partial charge on any atom is 0.267 e. The molecule has 5 nitrogen and oxygen atoms in total. The van der Waals surface area contributed by atoms with Crippen LogP contribution in [0.4, 0.5) is 0 Å². The highest BCUT2D eigenvalue weighted by Gasteiger charge is 2.27. The second-order valence-electron chi connectivity index (χ2n) is 5.37. The molecule has 0 radical (unpaired) electrons. The summed E-state index contributed by atoms with van der Waals surface area (Å²) in [5.74, 6) is -0.570. The minimum absolute atomic E-state index is 0.0208. The first-order valence-electron chi connectivity index (χ1n) is 7.25. The summed E-state index contributed by atoms with van der Waals surface area (Å²) in [5, 5.41) is 8.48. The maximum absolute atomic E-state index is 12.4. The molecule has 116 valence electrons. The van der Waals surface area contributed by atoms with E-state index >= 15 is 0 Å². The van der Waals surface area contributed by atoms with Gasteiger partial charge in [0.05, 0.1) is 0 Å². The van der Waals surface area contributed by atoms with Gasteiger partial charge in [-0.15, -0.1) is 0 Å². The number of amides is 2. The third-order valence-corrected chi connectivity index (χ3v) is 3.76. The Morgan fingerprint density at radius 2 is 2.00 bits per heavy atom. The topological polar surface area (TPSA) is 69.6 Å². The molecule has 0 saturated carbocycles. The van der Waals surface area contributed by atoms with Crippen LogP contribution >= 0.6 is 0 Å². The summed E-state index contributed by atoms with van der Waals surface area (Å²) in [5.41, 5.74) is 5.08. The minimum Gasteiger partial charge on any atom is -0.330 e. The normalized spacial score (nSPS) is 13.4. The molecule has 1 aliphatic rings. The van der Waals surface area contributed by atoms with Crippen molar-refractivity contribution >= 4 is 17.9 Å². The second kappa shape index (κ2) is 6.46. The average molecular weight is 308 g/mol. The van der Waals surface area contributed by atoms with Gasteiger partial charge in [-0.25, -0.2) is 5.48 Å². The van der Waals surface area contributed by atoms with Crippen molar-refractivity contribution in [1.29, 1.82) is 0 Å². The summed E-state index contributed by atoms with van der Waals surface area (Å²) in [6.07, 6.45) is 2.83. The highest BCUT2D eigenvalue weighted by molar-refractivity contribution is 5.98. The third kappa shape index (κ3) is 3.30. The van der Waals surface area contributed by atoms with Gasteiger partial charge in [-0.2, -0.15) is 0 Å². The number of nitrogens with one attached hydrogen (secondary N) is 1. The molecule has 0 spiro atoms. The first kappa shape index (κ1) is 15.0. The highest BCUT2D eigenvalue weighted by atomic mass is 16.5. The summed E-state index contributed by atoms with van der Waals surface area (Å²) in [7, 11) is 0. The van der Waals surface area contributed by atoms with E-state index in [-0.39, 0.29) is 5.91 Å². The number of hydroxylamine groups is 1. The Hall–Kier alpha value is -2.92. The van der Waals surface area contributed by atoms with Crippen LogP contribution in [-0.2, 0) is 17.9 Å². The van der Waals surface area contributed by atoms with E-state index in [1.807, 2.05) is 36.4 Å². The molecule has 2 aromatic carbocycles. The number of carbonyl (C=O) groups is 2. The fourth-order valence-electron chi connectivity index (χ4n) is 2.65. The molecule has 0 aliphatic carbocycles. The Morgan fingerprint density at radius 1 is 1.22 bits per heavy atom. The predicted octanol–water partition coefficient (Wildman–Crippen LogP) is 2.36. The number of nitrogens with zero attached hydrogens (tertiary/aromatic N) is 1. The summed E-state index contributed by atoms with van der Waals surface area (Å²) in [6.45, 7) is 1.13. The fourth-order valence-corrected chi connectivity index (χ4v) is 2.65. The zero-order valence-corrected chi connectivity index (χ0v) is 12.4. The summed E-state index contributed by atoms with van der Waals surface area (Å²) >= 11 is 0. The monoisotopic (exact) mass is 308 g/mol. The zero-order chi connectivity index (χ0) is 16.2. The smallest absolute Gasteiger partial charge is 0.267 e. The Labute approximate surface area is 133 Å². The van der Waals surface area contributed by atoms with Crippen molar-refractivity contribution in [2.45, 2.75) is 13.1 Å². The van der Waals surface area contributed by atoms with E-state index < -0.39 is 5.91 Å². The lowest BCUT2D eigenvalue weighted by Gasteiger charge is -2.15. The first-order valence-corrected chi connectivity index (χ1v) is 7.25. The minimum atomic E-state index is -0.590. The van der Waals surface area contributed by atoms with Crippen LogP contribution < -0.4 is 5.48 Å². The van der Waals surface area contributed by atoms with E-state index in [2.05, 4.69) is 0 Å². The standard InChI is InChI=1S/C18H16N2O3/c21-17(19-23)9-7-13-6-8-16-15(10-13)12-20(18(16)22)11-14-4-2-1-3-5-14/h1-10,23H,11-12H2,(H,19,21)/b9-7+. The molecule has 0 unspecified atom stereocenters. The van der Waals surface area contributed by atoms with E-state index in [1.54, 1.807) is 28.6 Å². The Morgan fingerprint density at radius 3 is 2.74 bits per heavy atom. The van der Waals surface area contributed by atoms with E-state index in [0.29, 0.717) is 18.7 Å². The van der Waals surface area contributed by atoms with Gasteiger partial charge in [-0.05, 0) is 34.9 Å². The fraction of sp³-hybridized carbons (Fsp3) is 0.111. The van der Waals surface area contributed by atoms with Crippen molar-refractivity contribution in [3.63, 3.8) is 0 Å². The molecule has 0 aromatic heterocycles. The Balaban J connectivity index is 1.77. The molecule has 2 aromatic rings. The van der Waals surface area contributed by atoms with Gasteiger partial charge in [0, 0.05) is 24.7 Å². The molecular weight excluding hydrogens is 292 g/mol. The number of hydrogen-bond donors (Lipinski definition) is 2. The summed E-state index contributed by atoms with van der Waals surface area (Å²) in [4.78, 5) is 25.3. The third-order valence-electron chi connectivity index (χ3n) is 3.76. The van der Waals surface area contributed by atoms with Crippen LogP contribution in [0.3, 0.4) is 0 Å². The van der Waals surface area contributed by atoms with Crippen LogP contribution in [0.1, 0.15) is 27.0 Å². The largest absolute Gasteiger partial charge is 0.330 e. The SMILES string of the molecule is O=C(/C=C/c1ccc2c(c1)CN(Cc1ccccc1)C2=O)NO. The second-order valence-corrected chi connectivity index (χ2v) is 5.37. The van der Waals surface area contributed by atoms with Crippen molar-refractivity contribution in [2.75, 3.05) is 0 Å². The van der Waals surface area contributed by atoms with Crippen molar-refractivity contribution < 1.29 is 14.8 Å². The lowest BCUT2D eigenvalue weighted by atomic mass is 10.1. The van der Waals surface area contributed by atoms with Crippen LogP contribution in [-0.4, -0.2) is 21.9 Å². The van der Waals surface area contributed by atoms with Crippen molar-refractivity contribution in [3.8, 4) is 0 Å². The highest BCUT2D eigenvalue weighted by Crippen LogP contribution is 2.25. The quantitative estimate of drug-likeness (QED) is 0.517. The van der Waals surface area contributed by atoms with E-state index in [4.69, 9.17) is 5.21 Å². The number of fused-ring (bicyclic) bond motifs is 1. The van der Waals surface area contributed by atoms with Gasteiger partial charge in [-0.1, -0.05) is 36.4 Å². The summed E-state index contributed by atoms with van der Waals surface area (Å²) < 4.78 is 0. The van der Waals surface area contributed by atoms with Gasteiger partial charge in [0.1, 0.15) is 0 Å². The summed E-state index contributed by atoms with van der Waals surface area (Å²) in [6, 6.07) is 15.3. The van der Waals surface area contributed by atoms with Crippen LogP contribution in [0.15, 0.2) is 54.6 Å². The molecular formula is C18H16N2O3. The molecule has 5 heteroatoms. The van der Waals surface area contributed by atoms with Gasteiger partial charge >= 0.3 is 0 Å². The molecule has 3 rings (SSSR count). The zero-order valence-electron chi connectivity index (χ0n) is 12.4. The molecule has 0 saturated heterocycles. The molecule has 0 fully saturated rings. The van der Waals surface area contributed by atoms with Gasteiger partial charge in [0.25, 0.3) is 11.8 Å². The Bertz CT molecular complexity index is 769. The van der Waals surface area contributed by atoms with Gasteiger partial charge in [0.2, 0.25) is 0 Å². The van der Waals surface area contributed by atoms with Gasteiger partial charge in [-0.3, -0.25) is 14.8 Å².